The maximum absolute atomic E-state index is 12.7. The first-order valence-corrected chi connectivity index (χ1v) is 10.5. The molecule has 28 heavy (non-hydrogen) atoms. The Labute approximate surface area is 173 Å². The largest absolute Gasteiger partial charge is 0.352 e. The van der Waals surface area contributed by atoms with E-state index in [0.717, 1.165) is 59.4 Å². The molecule has 1 atom stereocenters. The van der Waals surface area contributed by atoms with E-state index in [4.69, 9.17) is 4.98 Å². The third-order valence-corrected chi connectivity index (χ3v) is 6.03. The van der Waals surface area contributed by atoms with Crippen molar-refractivity contribution in [2.24, 2.45) is 13.0 Å². The van der Waals surface area contributed by atoms with Crippen molar-refractivity contribution in [3.05, 3.63) is 64.4 Å². The van der Waals surface area contributed by atoms with Crippen molar-refractivity contribution in [1.29, 1.82) is 0 Å². The van der Waals surface area contributed by atoms with E-state index in [1.165, 1.54) is 0 Å². The van der Waals surface area contributed by atoms with E-state index in [2.05, 4.69) is 43.8 Å². The minimum Gasteiger partial charge on any atom is -0.352 e. The number of fused-ring (bicyclic) bond motifs is 1. The quantitative estimate of drug-likeness (QED) is 0.654. The molecule has 1 aromatic heterocycles. The van der Waals surface area contributed by atoms with Gasteiger partial charge in [-0.05, 0) is 49.2 Å². The van der Waals surface area contributed by atoms with Crippen LogP contribution in [0.2, 0.25) is 0 Å². The number of halogens is 1. The first kappa shape index (κ1) is 19.2. The van der Waals surface area contributed by atoms with E-state index in [9.17, 15) is 4.79 Å². The van der Waals surface area contributed by atoms with Crippen molar-refractivity contribution >= 4 is 32.9 Å². The highest BCUT2D eigenvalue weighted by Crippen LogP contribution is 2.21. The minimum absolute atomic E-state index is 0.0406. The van der Waals surface area contributed by atoms with Crippen molar-refractivity contribution in [2.45, 2.75) is 25.9 Å². The Morgan fingerprint density at radius 3 is 2.79 bits per heavy atom. The smallest absolute Gasteiger partial charge is 0.224 e. The van der Waals surface area contributed by atoms with Crippen LogP contribution in [-0.2, 0) is 24.9 Å². The molecule has 1 saturated heterocycles. The molecule has 2 heterocycles. The maximum Gasteiger partial charge on any atom is 0.224 e. The Kier molecular flexibility index (Phi) is 5.78. The van der Waals surface area contributed by atoms with Gasteiger partial charge in [0.1, 0.15) is 5.82 Å². The van der Waals surface area contributed by atoms with Gasteiger partial charge in [-0.1, -0.05) is 40.2 Å². The molecule has 1 aliphatic heterocycles. The molecule has 3 aromatic rings. The molecule has 1 aliphatic rings. The van der Waals surface area contributed by atoms with Gasteiger partial charge in [0, 0.05) is 24.6 Å². The predicted octanol–water partition coefficient (Wildman–Crippen LogP) is 3.86. The first-order valence-electron chi connectivity index (χ1n) is 9.75. The number of benzene rings is 2. The Morgan fingerprint density at radius 1 is 1.21 bits per heavy atom. The van der Waals surface area contributed by atoms with Crippen LogP contribution < -0.4 is 5.32 Å². The predicted molar refractivity (Wildman–Crippen MR) is 115 cm³/mol. The highest BCUT2D eigenvalue weighted by molar-refractivity contribution is 9.10. The van der Waals surface area contributed by atoms with Gasteiger partial charge in [-0.2, -0.15) is 0 Å². The zero-order valence-electron chi connectivity index (χ0n) is 16.1. The summed E-state index contributed by atoms with van der Waals surface area (Å²) >= 11 is 3.44. The van der Waals surface area contributed by atoms with Crippen LogP contribution in [0.1, 0.15) is 24.2 Å². The summed E-state index contributed by atoms with van der Waals surface area (Å²) < 4.78 is 3.21. The Bertz CT molecular complexity index is 966. The van der Waals surface area contributed by atoms with E-state index in [0.29, 0.717) is 6.54 Å². The fourth-order valence-electron chi connectivity index (χ4n) is 3.89. The van der Waals surface area contributed by atoms with E-state index in [1.54, 1.807) is 0 Å². The first-order chi connectivity index (χ1) is 13.6. The number of amides is 1. The standard InChI is InChI=1S/C22H25BrN4O/c1-26-20-7-3-2-6-19(20)25-21(26)15-27-12-4-5-17(14-27)22(28)24-13-16-8-10-18(23)11-9-16/h2-3,6-11,17H,4-5,12-15H2,1H3,(H,24,28)/t17-/m0/s1. The van der Waals surface area contributed by atoms with Crippen LogP contribution in [0, 0.1) is 5.92 Å². The lowest BCUT2D eigenvalue weighted by Gasteiger charge is -2.31. The fourth-order valence-corrected chi connectivity index (χ4v) is 4.15. The number of nitrogens with zero attached hydrogens (tertiary/aromatic N) is 3. The number of carbonyl (C=O) groups is 1. The molecule has 0 bridgehead atoms. The topological polar surface area (TPSA) is 50.2 Å². The van der Waals surface area contributed by atoms with Gasteiger partial charge in [0.2, 0.25) is 5.91 Å². The van der Waals surface area contributed by atoms with Gasteiger partial charge in [-0.15, -0.1) is 0 Å². The number of likely N-dealkylation sites (tertiary alicyclic amines) is 1. The summed E-state index contributed by atoms with van der Waals surface area (Å²) in [5.41, 5.74) is 3.29. The van der Waals surface area contributed by atoms with Gasteiger partial charge in [0.15, 0.2) is 0 Å². The number of carbonyl (C=O) groups excluding carboxylic acids is 1. The van der Waals surface area contributed by atoms with E-state index in [-0.39, 0.29) is 11.8 Å². The van der Waals surface area contributed by atoms with Crippen LogP contribution in [0.15, 0.2) is 53.0 Å². The average Bonchev–Trinajstić information content (AvgIpc) is 3.03. The van der Waals surface area contributed by atoms with Crippen LogP contribution in [0.3, 0.4) is 0 Å². The highest BCUT2D eigenvalue weighted by atomic mass is 79.9. The highest BCUT2D eigenvalue weighted by Gasteiger charge is 2.26. The molecule has 5 nitrogen and oxygen atoms in total. The molecule has 1 fully saturated rings. The summed E-state index contributed by atoms with van der Waals surface area (Å²) in [5.74, 6) is 1.24. The third-order valence-electron chi connectivity index (χ3n) is 5.50. The second-order valence-electron chi connectivity index (χ2n) is 7.49. The second-order valence-corrected chi connectivity index (χ2v) is 8.41. The maximum atomic E-state index is 12.7. The zero-order valence-corrected chi connectivity index (χ0v) is 17.7. The molecule has 1 N–H and O–H groups in total. The van der Waals surface area contributed by atoms with Crippen LogP contribution in [0.4, 0.5) is 0 Å². The molecule has 0 aliphatic carbocycles. The van der Waals surface area contributed by atoms with Gasteiger partial charge in [-0.3, -0.25) is 9.69 Å². The molecule has 0 unspecified atom stereocenters. The summed E-state index contributed by atoms with van der Waals surface area (Å²) in [6, 6.07) is 16.3. The average molecular weight is 441 g/mol. The monoisotopic (exact) mass is 440 g/mol. The van der Waals surface area contributed by atoms with E-state index in [1.807, 2.05) is 42.5 Å². The lowest BCUT2D eigenvalue weighted by molar-refractivity contribution is -0.127. The molecule has 0 radical (unpaired) electrons. The van der Waals surface area contributed by atoms with Gasteiger partial charge >= 0.3 is 0 Å². The molecule has 2 aromatic carbocycles. The molecule has 6 heteroatoms. The molecule has 146 valence electrons. The molecule has 0 spiro atoms. The molecular weight excluding hydrogens is 416 g/mol. The summed E-state index contributed by atoms with van der Waals surface area (Å²) in [6.45, 7) is 3.16. The number of hydrogen-bond acceptors (Lipinski definition) is 3. The van der Waals surface area contributed by atoms with E-state index < -0.39 is 0 Å². The van der Waals surface area contributed by atoms with Crippen LogP contribution >= 0.6 is 15.9 Å². The number of imidazole rings is 1. The van der Waals surface area contributed by atoms with Crippen molar-refractivity contribution in [2.75, 3.05) is 13.1 Å². The lowest BCUT2D eigenvalue weighted by atomic mass is 9.97. The van der Waals surface area contributed by atoms with E-state index >= 15 is 0 Å². The lowest BCUT2D eigenvalue weighted by Crippen LogP contribution is -2.42. The second kappa shape index (κ2) is 8.45. The van der Waals surface area contributed by atoms with Crippen LogP contribution in [0.25, 0.3) is 11.0 Å². The summed E-state index contributed by atoms with van der Waals surface area (Å²) in [5, 5.41) is 3.10. The molecule has 4 rings (SSSR count). The number of hydrogen-bond donors (Lipinski definition) is 1. The number of para-hydroxylation sites is 2. The Hall–Kier alpha value is -2.18. The molecule has 1 amide bonds. The zero-order chi connectivity index (χ0) is 19.5. The molecule has 0 saturated carbocycles. The number of aryl methyl sites for hydroxylation is 1. The normalized spacial score (nSPS) is 17.7. The van der Waals surface area contributed by atoms with Crippen LogP contribution in [0.5, 0.6) is 0 Å². The number of piperidine rings is 1. The molecular formula is C22H25BrN4O. The van der Waals surface area contributed by atoms with Gasteiger partial charge in [0.05, 0.1) is 23.5 Å². The number of aromatic nitrogens is 2. The SMILES string of the molecule is Cn1c(CN2CCC[C@H](C(=O)NCc3ccc(Br)cc3)C2)nc2ccccc21. The number of rotatable bonds is 5. The van der Waals surface area contributed by atoms with Crippen molar-refractivity contribution in [3.63, 3.8) is 0 Å². The Balaban J connectivity index is 1.36. The van der Waals surface area contributed by atoms with Crippen molar-refractivity contribution in [3.8, 4) is 0 Å². The number of nitrogens with one attached hydrogen (secondary N) is 1. The Morgan fingerprint density at radius 2 is 2.00 bits per heavy atom. The van der Waals surface area contributed by atoms with Crippen molar-refractivity contribution in [1.82, 2.24) is 19.8 Å². The summed E-state index contributed by atoms with van der Waals surface area (Å²) in [7, 11) is 2.07. The van der Waals surface area contributed by atoms with Crippen molar-refractivity contribution < 1.29 is 4.79 Å². The third kappa shape index (κ3) is 4.28. The van der Waals surface area contributed by atoms with Crippen LogP contribution in [-0.4, -0.2) is 33.4 Å². The summed E-state index contributed by atoms with van der Waals surface area (Å²) in [4.78, 5) is 19.8. The van der Waals surface area contributed by atoms with Gasteiger partial charge in [0.25, 0.3) is 0 Å². The van der Waals surface area contributed by atoms with Gasteiger partial charge < -0.3 is 9.88 Å². The minimum atomic E-state index is 0.0406. The summed E-state index contributed by atoms with van der Waals surface area (Å²) in [6.07, 6.45) is 1.99. The van der Waals surface area contributed by atoms with Gasteiger partial charge in [-0.25, -0.2) is 4.98 Å². The fraction of sp³-hybridized carbons (Fsp3) is 0.364.